The van der Waals surface area contributed by atoms with E-state index >= 15 is 0 Å². The summed E-state index contributed by atoms with van der Waals surface area (Å²) in [6.07, 6.45) is 3.14. The fourth-order valence-electron chi connectivity index (χ4n) is 2.27. The Bertz CT molecular complexity index is 576. The predicted molar refractivity (Wildman–Crippen MR) is 84.5 cm³/mol. The van der Waals surface area contributed by atoms with Crippen LogP contribution in [0.3, 0.4) is 0 Å². The molecule has 0 N–H and O–H groups in total. The van der Waals surface area contributed by atoms with Crippen LogP contribution in [0.15, 0.2) is 60.7 Å². The first-order chi connectivity index (χ1) is 10.2. The van der Waals surface area contributed by atoms with Crippen LogP contribution in [0.25, 0.3) is 11.1 Å². The highest BCUT2D eigenvalue weighted by atomic mass is 19.3. The Morgan fingerprint density at radius 3 is 1.86 bits per heavy atom. The third kappa shape index (κ3) is 4.82. The lowest BCUT2D eigenvalue weighted by atomic mass is 10.0. The molecule has 0 heterocycles. The van der Waals surface area contributed by atoms with Gasteiger partial charge in [-0.25, -0.2) is 0 Å². The first kappa shape index (κ1) is 15.4. The zero-order valence-electron chi connectivity index (χ0n) is 12.3. The van der Waals surface area contributed by atoms with E-state index < -0.39 is 6.08 Å². The van der Waals surface area contributed by atoms with Gasteiger partial charge in [0.25, 0.3) is 6.08 Å². The first-order valence-corrected chi connectivity index (χ1v) is 7.38. The smallest absolute Gasteiger partial charge is 0.174 e. The van der Waals surface area contributed by atoms with Gasteiger partial charge in [0.05, 0.1) is 0 Å². The normalized spacial score (nSPS) is 10.4. The summed E-state index contributed by atoms with van der Waals surface area (Å²) in [7, 11) is 0. The number of unbranched alkanes of at least 4 members (excludes halogenated alkanes) is 1. The van der Waals surface area contributed by atoms with Crippen LogP contribution in [0.1, 0.15) is 30.9 Å². The maximum absolute atomic E-state index is 12.1. The van der Waals surface area contributed by atoms with Gasteiger partial charge in [-0.05, 0) is 47.6 Å². The molecule has 0 unspecified atom stereocenters. The van der Waals surface area contributed by atoms with Gasteiger partial charge in [0.2, 0.25) is 0 Å². The van der Waals surface area contributed by atoms with Gasteiger partial charge in [0, 0.05) is 0 Å². The van der Waals surface area contributed by atoms with Crippen LogP contribution in [0, 0.1) is 0 Å². The Balaban J connectivity index is 2.06. The number of allylic oxidation sites excluding steroid dienone is 1. The Hall–Kier alpha value is -1.96. The van der Waals surface area contributed by atoms with Crippen LogP contribution in [-0.2, 0) is 12.8 Å². The first-order valence-electron chi connectivity index (χ1n) is 7.38. The molecule has 110 valence electrons. The summed E-state index contributed by atoms with van der Waals surface area (Å²) in [5.74, 6) is 0. The Morgan fingerprint density at radius 2 is 1.38 bits per heavy atom. The lowest BCUT2D eigenvalue weighted by molar-refractivity contribution is 0.418. The highest BCUT2D eigenvalue weighted by molar-refractivity contribution is 5.64. The molecule has 0 amide bonds. The Morgan fingerprint density at radius 1 is 0.857 bits per heavy atom. The summed E-state index contributed by atoms with van der Waals surface area (Å²) in [6, 6.07) is 16.4. The van der Waals surface area contributed by atoms with Crippen molar-refractivity contribution in [1.29, 1.82) is 0 Å². The lowest BCUT2D eigenvalue weighted by Crippen LogP contribution is -1.86. The van der Waals surface area contributed by atoms with Crippen LogP contribution in [-0.4, -0.2) is 0 Å². The SMILES string of the molecule is CCCCc1ccc(-c2ccc(CC=C(F)F)cc2)cc1. The molecule has 0 saturated carbocycles. The van der Waals surface area contributed by atoms with Crippen molar-refractivity contribution in [3.05, 3.63) is 71.8 Å². The summed E-state index contributed by atoms with van der Waals surface area (Å²) in [5, 5.41) is 0. The van der Waals surface area contributed by atoms with Gasteiger partial charge in [-0.1, -0.05) is 61.9 Å². The predicted octanol–water partition coefficient (Wildman–Crippen LogP) is 6.02. The Labute approximate surface area is 125 Å². The van der Waals surface area contributed by atoms with Gasteiger partial charge in [-0.2, -0.15) is 8.78 Å². The molecule has 0 aliphatic carbocycles. The van der Waals surface area contributed by atoms with E-state index in [4.69, 9.17) is 0 Å². The van der Waals surface area contributed by atoms with E-state index in [1.54, 1.807) is 0 Å². The van der Waals surface area contributed by atoms with E-state index in [2.05, 4.69) is 31.2 Å². The average Bonchev–Trinajstić information content (AvgIpc) is 2.52. The molecule has 0 atom stereocenters. The largest absolute Gasteiger partial charge is 0.266 e. The molecule has 2 aromatic carbocycles. The van der Waals surface area contributed by atoms with E-state index in [0.717, 1.165) is 29.2 Å². The van der Waals surface area contributed by atoms with Crippen molar-refractivity contribution in [2.45, 2.75) is 32.6 Å². The zero-order valence-corrected chi connectivity index (χ0v) is 12.3. The van der Waals surface area contributed by atoms with Gasteiger partial charge in [0.1, 0.15) is 0 Å². The summed E-state index contributed by atoms with van der Waals surface area (Å²) in [5.41, 5.74) is 4.53. The van der Waals surface area contributed by atoms with E-state index in [1.165, 1.54) is 18.4 Å². The van der Waals surface area contributed by atoms with Crippen LogP contribution in [0.5, 0.6) is 0 Å². The molecule has 0 aliphatic heterocycles. The monoisotopic (exact) mass is 286 g/mol. The van der Waals surface area contributed by atoms with Crippen LogP contribution in [0.4, 0.5) is 8.78 Å². The fourth-order valence-corrected chi connectivity index (χ4v) is 2.27. The molecule has 0 bridgehead atoms. The van der Waals surface area contributed by atoms with Gasteiger partial charge < -0.3 is 0 Å². The minimum absolute atomic E-state index is 0.276. The van der Waals surface area contributed by atoms with E-state index in [9.17, 15) is 8.78 Å². The second-order valence-corrected chi connectivity index (χ2v) is 5.20. The summed E-state index contributed by atoms with van der Waals surface area (Å²) < 4.78 is 24.1. The van der Waals surface area contributed by atoms with Crippen molar-refractivity contribution in [2.75, 3.05) is 0 Å². The molecule has 2 heteroatoms. The summed E-state index contributed by atoms with van der Waals surface area (Å²) in [4.78, 5) is 0. The molecule has 0 aromatic heterocycles. The average molecular weight is 286 g/mol. The fraction of sp³-hybridized carbons (Fsp3) is 0.263. The maximum atomic E-state index is 12.1. The number of hydrogen-bond acceptors (Lipinski definition) is 0. The lowest BCUT2D eigenvalue weighted by Gasteiger charge is -2.05. The van der Waals surface area contributed by atoms with Gasteiger partial charge in [-0.3, -0.25) is 0 Å². The standard InChI is InChI=1S/C19H20F2/c1-2-3-4-15-5-10-17(11-6-15)18-12-7-16(8-13-18)9-14-19(20)21/h5-8,10-14H,2-4,9H2,1H3. The third-order valence-corrected chi connectivity index (χ3v) is 3.55. The van der Waals surface area contributed by atoms with Crippen molar-refractivity contribution >= 4 is 0 Å². The molecule has 0 spiro atoms. The molecule has 0 nitrogen and oxygen atoms in total. The minimum atomic E-state index is -1.62. The number of benzene rings is 2. The molecule has 21 heavy (non-hydrogen) atoms. The topological polar surface area (TPSA) is 0 Å². The maximum Gasteiger partial charge on any atom is 0.266 e. The van der Waals surface area contributed by atoms with Crippen molar-refractivity contribution in [2.24, 2.45) is 0 Å². The van der Waals surface area contributed by atoms with Crippen LogP contribution < -0.4 is 0 Å². The van der Waals surface area contributed by atoms with Crippen molar-refractivity contribution in [1.82, 2.24) is 0 Å². The quantitative estimate of drug-likeness (QED) is 0.609. The van der Waals surface area contributed by atoms with Crippen molar-refractivity contribution < 1.29 is 8.78 Å². The number of aryl methyl sites for hydroxylation is 1. The molecule has 2 rings (SSSR count). The minimum Gasteiger partial charge on any atom is -0.174 e. The van der Waals surface area contributed by atoms with Crippen molar-refractivity contribution in [3.8, 4) is 11.1 Å². The van der Waals surface area contributed by atoms with Gasteiger partial charge >= 0.3 is 0 Å². The number of hydrogen-bond donors (Lipinski definition) is 0. The third-order valence-electron chi connectivity index (χ3n) is 3.55. The van der Waals surface area contributed by atoms with Gasteiger partial charge in [0.15, 0.2) is 0 Å². The Kier molecular flexibility index (Phi) is 5.68. The second kappa shape index (κ2) is 7.72. The molecule has 0 saturated heterocycles. The highest BCUT2D eigenvalue weighted by Crippen LogP contribution is 2.21. The molecule has 0 aliphatic rings. The molecule has 0 radical (unpaired) electrons. The van der Waals surface area contributed by atoms with E-state index in [1.807, 2.05) is 24.3 Å². The number of rotatable bonds is 6. The number of halogens is 2. The van der Waals surface area contributed by atoms with Crippen LogP contribution in [0.2, 0.25) is 0 Å². The second-order valence-electron chi connectivity index (χ2n) is 5.20. The zero-order chi connectivity index (χ0) is 15.1. The molecular weight excluding hydrogens is 266 g/mol. The van der Waals surface area contributed by atoms with Crippen molar-refractivity contribution in [3.63, 3.8) is 0 Å². The van der Waals surface area contributed by atoms with Gasteiger partial charge in [-0.15, -0.1) is 0 Å². The molecule has 0 fully saturated rings. The van der Waals surface area contributed by atoms with E-state index in [0.29, 0.717) is 0 Å². The van der Waals surface area contributed by atoms with E-state index in [-0.39, 0.29) is 6.42 Å². The summed E-state index contributed by atoms with van der Waals surface area (Å²) in [6.45, 7) is 2.19. The van der Waals surface area contributed by atoms with Crippen LogP contribution >= 0.6 is 0 Å². The highest BCUT2D eigenvalue weighted by Gasteiger charge is 1.99. The summed E-state index contributed by atoms with van der Waals surface area (Å²) >= 11 is 0. The molecule has 2 aromatic rings. The molecular formula is C19H20F2.